The van der Waals surface area contributed by atoms with Crippen molar-refractivity contribution in [2.45, 2.75) is 31.1 Å². The lowest BCUT2D eigenvalue weighted by Gasteiger charge is -2.29. The molecule has 8 nitrogen and oxygen atoms in total. The van der Waals surface area contributed by atoms with E-state index < -0.39 is 20.0 Å². The molecule has 30 heavy (non-hydrogen) atoms. The molecule has 0 unspecified atom stereocenters. The lowest BCUT2D eigenvalue weighted by atomic mass is 10.2. The van der Waals surface area contributed by atoms with Crippen LogP contribution in [0.3, 0.4) is 0 Å². The van der Waals surface area contributed by atoms with Crippen molar-refractivity contribution in [3.05, 3.63) is 48.3 Å². The molecule has 1 aromatic heterocycles. The van der Waals surface area contributed by atoms with Gasteiger partial charge in [0.15, 0.2) is 0 Å². The molecule has 10 heteroatoms. The van der Waals surface area contributed by atoms with Gasteiger partial charge in [0, 0.05) is 32.5 Å². The number of sulfonamides is 2. The SMILES string of the molecule is CCOc1ccc(N2CCCCS2(=O)=O)cc1S(=O)(=O)N(C)CCc1ccncc1. The fraction of sp³-hybridized carbons (Fsp3) is 0.450. The number of nitrogens with zero attached hydrogens (tertiary/aromatic N) is 3. The van der Waals surface area contributed by atoms with E-state index in [1.54, 1.807) is 25.4 Å². The number of hydrogen-bond acceptors (Lipinski definition) is 6. The van der Waals surface area contributed by atoms with Crippen LogP contribution >= 0.6 is 0 Å². The molecule has 0 amide bonds. The quantitative estimate of drug-likeness (QED) is 0.608. The summed E-state index contributed by atoms with van der Waals surface area (Å²) < 4.78 is 59.7. The number of pyridine rings is 1. The van der Waals surface area contributed by atoms with Crippen molar-refractivity contribution in [1.29, 1.82) is 0 Å². The lowest BCUT2D eigenvalue weighted by molar-refractivity contribution is 0.329. The lowest BCUT2D eigenvalue weighted by Crippen LogP contribution is -2.38. The maximum Gasteiger partial charge on any atom is 0.246 e. The molecule has 0 aliphatic carbocycles. The van der Waals surface area contributed by atoms with Crippen molar-refractivity contribution < 1.29 is 21.6 Å². The number of ether oxygens (including phenoxy) is 1. The van der Waals surface area contributed by atoms with Crippen LogP contribution in [0.4, 0.5) is 5.69 Å². The minimum absolute atomic E-state index is 0.0279. The minimum Gasteiger partial charge on any atom is -0.492 e. The van der Waals surface area contributed by atoms with Crippen LogP contribution < -0.4 is 9.04 Å². The van der Waals surface area contributed by atoms with E-state index in [1.165, 1.54) is 27.8 Å². The van der Waals surface area contributed by atoms with Crippen molar-refractivity contribution in [2.24, 2.45) is 0 Å². The first kappa shape index (κ1) is 22.5. The summed E-state index contributed by atoms with van der Waals surface area (Å²) in [4.78, 5) is 3.94. The second-order valence-corrected chi connectivity index (χ2v) is 11.1. The van der Waals surface area contributed by atoms with Crippen LogP contribution in [0.25, 0.3) is 0 Å². The zero-order chi connectivity index (χ0) is 21.8. The second kappa shape index (κ2) is 9.32. The first-order valence-electron chi connectivity index (χ1n) is 9.88. The van der Waals surface area contributed by atoms with Crippen LogP contribution in [0.2, 0.25) is 0 Å². The van der Waals surface area contributed by atoms with Crippen molar-refractivity contribution in [1.82, 2.24) is 9.29 Å². The Morgan fingerprint density at radius 1 is 1.17 bits per heavy atom. The zero-order valence-electron chi connectivity index (χ0n) is 17.2. The molecule has 2 heterocycles. The zero-order valence-corrected chi connectivity index (χ0v) is 18.8. The molecule has 0 atom stereocenters. The summed E-state index contributed by atoms with van der Waals surface area (Å²) in [7, 11) is -5.83. The Bertz CT molecular complexity index is 1070. The molecule has 1 fully saturated rings. The third kappa shape index (κ3) is 4.93. The molecular weight excluding hydrogens is 426 g/mol. The summed E-state index contributed by atoms with van der Waals surface area (Å²) in [5.41, 5.74) is 1.32. The fourth-order valence-corrected chi connectivity index (χ4v) is 6.28. The largest absolute Gasteiger partial charge is 0.492 e. The molecule has 0 radical (unpaired) electrons. The Morgan fingerprint density at radius 3 is 2.57 bits per heavy atom. The van der Waals surface area contributed by atoms with Crippen LogP contribution in [0.1, 0.15) is 25.3 Å². The minimum atomic E-state index is -3.89. The van der Waals surface area contributed by atoms with E-state index in [1.807, 2.05) is 12.1 Å². The van der Waals surface area contributed by atoms with Gasteiger partial charge in [-0.25, -0.2) is 21.1 Å². The van der Waals surface area contributed by atoms with Crippen molar-refractivity contribution in [2.75, 3.05) is 36.8 Å². The Labute approximate surface area is 178 Å². The molecular formula is C20H27N3O5S2. The highest BCUT2D eigenvalue weighted by atomic mass is 32.2. The molecule has 2 aromatic rings. The first-order valence-corrected chi connectivity index (χ1v) is 12.9. The van der Waals surface area contributed by atoms with Gasteiger partial charge in [-0.2, -0.15) is 0 Å². The number of rotatable bonds is 8. The van der Waals surface area contributed by atoms with Crippen molar-refractivity contribution in [3.63, 3.8) is 0 Å². The molecule has 1 aliphatic heterocycles. The van der Waals surface area contributed by atoms with Gasteiger partial charge < -0.3 is 4.74 Å². The highest BCUT2D eigenvalue weighted by Crippen LogP contribution is 2.33. The molecule has 0 bridgehead atoms. The van der Waals surface area contributed by atoms with Gasteiger partial charge in [-0.1, -0.05) is 0 Å². The van der Waals surface area contributed by atoms with Gasteiger partial charge in [0.25, 0.3) is 0 Å². The van der Waals surface area contributed by atoms with E-state index in [9.17, 15) is 16.8 Å². The summed E-state index contributed by atoms with van der Waals surface area (Å²) in [5, 5.41) is 0. The average molecular weight is 454 g/mol. The predicted molar refractivity (Wildman–Crippen MR) is 116 cm³/mol. The summed E-state index contributed by atoms with van der Waals surface area (Å²) in [5.74, 6) is 0.278. The Kier molecular flexibility index (Phi) is 6.99. The normalized spacial score (nSPS) is 16.6. The number of aromatic nitrogens is 1. The van der Waals surface area contributed by atoms with Crippen LogP contribution in [0.15, 0.2) is 47.6 Å². The molecule has 1 aromatic carbocycles. The van der Waals surface area contributed by atoms with Gasteiger partial charge in [0.2, 0.25) is 20.0 Å². The van der Waals surface area contributed by atoms with Crippen molar-refractivity contribution in [3.8, 4) is 5.75 Å². The van der Waals surface area contributed by atoms with Gasteiger partial charge in [-0.15, -0.1) is 0 Å². The van der Waals surface area contributed by atoms with Crippen molar-refractivity contribution >= 4 is 25.7 Å². The van der Waals surface area contributed by atoms with E-state index in [0.717, 1.165) is 12.0 Å². The summed E-state index contributed by atoms with van der Waals surface area (Å²) in [6.45, 7) is 2.68. The second-order valence-electron chi connectivity index (χ2n) is 7.09. The maximum atomic E-state index is 13.3. The van der Waals surface area contributed by atoms with E-state index in [0.29, 0.717) is 31.7 Å². The van der Waals surface area contributed by atoms with E-state index in [2.05, 4.69) is 4.98 Å². The van der Waals surface area contributed by atoms with Gasteiger partial charge in [-0.05, 0) is 62.1 Å². The number of likely N-dealkylation sites (N-methyl/N-ethyl adjacent to an activating group) is 1. The molecule has 0 N–H and O–H groups in total. The number of anilines is 1. The standard InChI is InChI=1S/C20H27N3O5S2/c1-3-28-19-7-6-18(23-13-4-5-15-29(23,24)25)16-20(19)30(26,27)22(2)14-10-17-8-11-21-12-9-17/h6-9,11-12,16H,3-5,10,13-15H2,1-2H3. The summed E-state index contributed by atoms with van der Waals surface area (Å²) in [6.07, 6.45) is 5.21. The third-order valence-corrected chi connectivity index (χ3v) is 8.76. The third-order valence-electron chi connectivity index (χ3n) is 5.02. The Hall–Kier alpha value is -2.17. The maximum absolute atomic E-state index is 13.3. The molecule has 1 aliphatic rings. The highest BCUT2D eigenvalue weighted by molar-refractivity contribution is 7.92. The predicted octanol–water partition coefficient (Wildman–Crippen LogP) is 2.27. The first-order chi connectivity index (χ1) is 14.3. The van der Waals surface area contributed by atoms with Gasteiger partial charge in [-0.3, -0.25) is 9.29 Å². The van der Waals surface area contributed by atoms with Crippen LogP contribution in [0.5, 0.6) is 5.75 Å². The summed E-state index contributed by atoms with van der Waals surface area (Å²) >= 11 is 0. The molecule has 3 rings (SSSR count). The average Bonchev–Trinajstić information content (AvgIpc) is 2.73. The number of hydrogen-bond donors (Lipinski definition) is 0. The monoisotopic (exact) mass is 453 g/mol. The van der Waals surface area contributed by atoms with Gasteiger partial charge in [0.05, 0.1) is 18.0 Å². The van der Waals surface area contributed by atoms with E-state index >= 15 is 0 Å². The number of benzene rings is 1. The topological polar surface area (TPSA) is 96.9 Å². The van der Waals surface area contributed by atoms with Crippen LogP contribution in [-0.2, 0) is 26.5 Å². The van der Waals surface area contributed by atoms with Crippen LogP contribution in [-0.4, -0.2) is 58.6 Å². The van der Waals surface area contributed by atoms with E-state index in [4.69, 9.17) is 4.74 Å². The smallest absolute Gasteiger partial charge is 0.246 e. The summed E-state index contributed by atoms with van der Waals surface area (Å²) in [6, 6.07) is 8.23. The van der Waals surface area contributed by atoms with Gasteiger partial charge >= 0.3 is 0 Å². The fourth-order valence-electron chi connectivity index (χ4n) is 3.33. The molecule has 1 saturated heterocycles. The van der Waals surface area contributed by atoms with E-state index in [-0.39, 0.29) is 22.9 Å². The molecule has 0 spiro atoms. The van der Waals surface area contributed by atoms with Crippen LogP contribution in [0, 0.1) is 0 Å². The highest BCUT2D eigenvalue weighted by Gasteiger charge is 2.30. The van der Waals surface area contributed by atoms with Gasteiger partial charge in [0.1, 0.15) is 10.6 Å². The molecule has 0 saturated carbocycles. The Morgan fingerprint density at radius 2 is 1.90 bits per heavy atom. The Balaban J connectivity index is 1.92. The molecule has 164 valence electrons.